The number of aryl methyl sites for hydroxylation is 1. The Hall–Kier alpha value is -2.55. The summed E-state index contributed by atoms with van der Waals surface area (Å²) in [7, 11) is 0. The highest BCUT2D eigenvalue weighted by atomic mass is 19.4. The van der Waals surface area contributed by atoms with Crippen LogP contribution in [0.15, 0.2) is 33.5 Å². The first-order chi connectivity index (χ1) is 12.2. The van der Waals surface area contributed by atoms with Crippen LogP contribution >= 0.6 is 0 Å². The minimum atomic E-state index is -5.08. The largest absolute Gasteiger partial charge is 0.491 e. The van der Waals surface area contributed by atoms with Crippen LogP contribution in [0.4, 0.5) is 13.2 Å². The number of fused-ring (bicyclic) bond motifs is 1. The number of hydrogen-bond acceptors (Lipinski definition) is 5. The number of carboxylic acid groups (broad SMARTS) is 1. The molecule has 2 heterocycles. The number of ether oxygens (including phenoxy) is 1. The van der Waals surface area contributed by atoms with Gasteiger partial charge in [0.2, 0.25) is 0 Å². The van der Waals surface area contributed by atoms with E-state index in [0.29, 0.717) is 24.0 Å². The molecule has 1 fully saturated rings. The molecule has 142 valence electrons. The summed E-state index contributed by atoms with van der Waals surface area (Å²) in [5.41, 5.74) is 1.32. The molecule has 2 aromatic rings. The fourth-order valence-electron chi connectivity index (χ4n) is 2.46. The highest BCUT2D eigenvalue weighted by molar-refractivity contribution is 5.83. The molecule has 9 heteroatoms. The lowest BCUT2D eigenvalue weighted by Gasteiger charge is -2.13. The zero-order valence-electron chi connectivity index (χ0n) is 13.9. The van der Waals surface area contributed by atoms with E-state index in [1.807, 2.05) is 25.1 Å². The first-order valence-corrected chi connectivity index (χ1v) is 7.87. The van der Waals surface area contributed by atoms with E-state index >= 15 is 0 Å². The van der Waals surface area contributed by atoms with E-state index in [4.69, 9.17) is 19.1 Å². The van der Waals surface area contributed by atoms with Crippen molar-refractivity contribution in [1.82, 2.24) is 5.32 Å². The van der Waals surface area contributed by atoms with Gasteiger partial charge >= 0.3 is 17.8 Å². The van der Waals surface area contributed by atoms with Gasteiger partial charge in [-0.25, -0.2) is 9.59 Å². The van der Waals surface area contributed by atoms with Crippen molar-refractivity contribution < 1.29 is 32.2 Å². The maximum atomic E-state index is 11.5. The maximum absolute atomic E-state index is 11.5. The number of carboxylic acids is 1. The number of alkyl halides is 3. The first-order valence-electron chi connectivity index (χ1n) is 7.87. The molecule has 0 spiro atoms. The van der Waals surface area contributed by atoms with Gasteiger partial charge in [-0.05, 0) is 38.4 Å². The van der Waals surface area contributed by atoms with E-state index in [-0.39, 0.29) is 5.63 Å². The zero-order valence-corrected chi connectivity index (χ0v) is 13.9. The number of benzene rings is 1. The van der Waals surface area contributed by atoms with E-state index in [1.165, 1.54) is 12.5 Å². The van der Waals surface area contributed by atoms with Crippen LogP contribution in [0.5, 0.6) is 5.75 Å². The van der Waals surface area contributed by atoms with Crippen LogP contribution in [0.1, 0.15) is 18.4 Å². The van der Waals surface area contributed by atoms with Gasteiger partial charge in [0.15, 0.2) is 0 Å². The summed E-state index contributed by atoms with van der Waals surface area (Å²) in [6, 6.07) is 7.53. The summed E-state index contributed by atoms with van der Waals surface area (Å²) in [6.07, 6.45) is -2.77. The Morgan fingerprint density at radius 3 is 2.65 bits per heavy atom. The van der Waals surface area contributed by atoms with E-state index in [2.05, 4.69) is 5.32 Å². The maximum Gasteiger partial charge on any atom is 0.490 e. The smallest absolute Gasteiger partial charge is 0.490 e. The van der Waals surface area contributed by atoms with E-state index < -0.39 is 12.1 Å². The Morgan fingerprint density at radius 2 is 2.08 bits per heavy atom. The number of nitrogens with one attached hydrogen (secondary N) is 1. The molecular weight excluding hydrogens is 355 g/mol. The van der Waals surface area contributed by atoms with Crippen molar-refractivity contribution in [3.63, 3.8) is 0 Å². The van der Waals surface area contributed by atoms with Crippen molar-refractivity contribution in [2.75, 3.05) is 13.2 Å². The molecule has 0 radical (unpaired) electrons. The number of hydrogen-bond donors (Lipinski definition) is 2. The number of aliphatic carboxylic acids is 1. The molecule has 2 N–H and O–H groups in total. The second-order valence-electron chi connectivity index (χ2n) is 5.84. The molecule has 6 nitrogen and oxygen atoms in total. The van der Waals surface area contributed by atoms with Crippen LogP contribution in [-0.4, -0.2) is 36.4 Å². The average molecular weight is 373 g/mol. The molecule has 1 unspecified atom stereocenters. The SMILES string of the molecule is Cc1ccc2oc(=O)cc(OCC3CCCN3)c2c1.O=C(O)C(F)(F)F. The minimum absolute atomic E-state index is 0.370. The van der Waals surface area contributed by atoms with Gasteiger partial charge in [-0.2, -0.15) is 13.2 Å². The van der Waals surface area contributed by atoms with Crippen LogP contribution in [0, 0.1) is 6.92 Å². The Morgan fingerprint density at radius 1 is 1.38 bits per heavy atom. The molecule has 1 aliphatic rings. The van der Waals surface area contributed by atoms with Gasteiger partial charge in [0.05, 0.1) is 11.5 Å². The molecule has 1 aromatic heterocycles. The molecule has 0 bridgehead atoms. The van der Waals surface area contributed by atoms with Crippen LogP contribution in [0.25, 0.3) is 11.0 Å². The molecule has 3 rings (SSSR count). The Labute approximate surface area is 146 Å². The number of carbonyl (C=O) groups is 1. The Balaban J connectivity index is 0.000000298. The van der Waals surface area contributed by atoms with Gasteiger partial charge in [0.1, 0.15) is 17.9 Å². The van der Waals surface area contributed by atoms with Gasteiger partial charge in [-0.15, -0.1) is 0 Å². The highest BCUT2D eigenvalue weighted by Gasteiger charge is 2.38. The third-order valence-electron chi connectivity index (χ3n) is 3.70. The minimum Gasteiger partial charge on any atom is -0.491 e. The average Bonchev–Trinajstić information content (AvgIpc) is 3.06. The highest BCUT2D eigenvalue weighted by Crippen LogP contribution is 2.25. The zero-order chi connectivity index (χ0) is 19.3. The lowest BCUT2D eigenvalue weighted by molar-refractivity contribution is -0.192. The molecule has 0 saturated carbocycles. The summed E-state index contributed by atoms with van der Waals surface area (Å²) in [6.45, 7) is 3.64. The van der Waals surface area contributed by atoms with Crippen LogP contribution in [0.2, 0.25) is 0 Å². The van der Waals surface area contributed by atoms with Gasteiger partial charge < -0.3 is 19.6 Å². The fourth-order valence-corrected chi connectivity index (χ4v) is 2.46. The molecule has 26 heavy (non-hydrogen) atoms. The van der Waals surface area contributed by atoms with Crippen molar-refractivity contribution in [1.29, 1.82) is 0 Å². The Kier molecular flexibility index (Phi) is 6.25. The lowest BCUT2D eigenvalue weighted by Crippen LogP contribution is -2.28. The standard InChI is InChI=1S/C15H17NO3.C2HF3O2/c1-10-4-5-13-12(7-10)14(8-15(17)19-13)18-9-11-3-2-6-16-11;3-2(4,5)1(6)7/h4-5,7-8,11,16H,2-3,6,9H2,1H3;(H,6,7). The van der Waals surface area contributed by atoms with Crippen LogP contribution < -0.4 is 15.7 Å². The predicted molar refractivity (Wildman–Crippen MR) is 87.4 cm³/mol. The third-order valence-corrected chi connectivity index (χ3v) is 3.70. The van der Waals surface area contributed by atoms with E-state index in [1.54, 1.807) is 0 Å². The van der Waals surface area contributed by atoms with E-state index in [9.17, 15) is 18.0 Å². The molecule has 1 aliphatic heterocycles. The lowest BCUT2D eigenvalue weighted by atomic mass is 10.1. The van der Waals surface area contributed by atoms with Gasteiger partial charge in [-0.3, -0.25) is 0 Å². The topological polar surface area (TPSA) is 88.8 Å². The normalized spacial score (nSPS) is 16.8. The van der Waals surface area contributed by atoms with Gasteiger partial charge in [0, 0.05) is 6.04 Å². The van der Waals surface area contributed by atoms with Gasteiger partial charge in [-0.1, -0.05) is 11.6 Å². The summed E-state index contributed by atoms with van der Waals surface area (Å²) in [4.78, 5) is 20.4. The van der Waals surface area contributed by atoms with Crippen molar-refractivity contribution >= 4 is 16.9 Å². The van der Waals surface area contributed by atoms with Crippen LogP contribution in [-0.2, 0) is 4.79 Å². The quantitative estimate of drug-likeness (QED) is 0.805. The van der Waals surface area contributed by atoms with Crippen molar-refractivity contribution in [2.24, 2.45) is 0 Å². The fraction of sp³-hybridized carbons (Fsp3) is 0.412. The molecule has 1 saturated heterocycles. The second-order valence-corrected chi connectivity index (χ2v) is 5.84. The van der Waals surface area contributed by atoms with E-state index in [0.717, 1.165) is 23.9 Å². The summed E-state index contributed by atoms with van der Waals surface area (Å²) in [5, 5.41) is 11.4. The molecule has 1 aromatic carbocycles. The number of rotatable bonds is 3. The number of halogens is 3. The van der Waals surface area contributed by atoms with Crippen LogP contribution in [0.3, 0.4) is 0 Å². The molecular formula is C17H18F3NO5. The van der Waals surface area contributed by atoms with Gasteiger partial charge in [0.25, 0.3) is 0 Å². The Bertz CT molecular complexity index is 825. The monoisotopic (exact) mass is 373 g/mol. The predicted octanol–water partition coefficient (Wildman–Crippen LogP) is 2.87. The third kappa shape index (κ3) is 5.48. The summed E-state index contributed by atoms with van der Waals surface area (Å²) < 4.78 is 42.7. The second kappa shape index (κ2) is 8.22. The summed E-state index contributed by atoms with van der Waals surface area (Å²) >= 11 is 0. The molecule has 0 amide bonds. The first kappa shape index (κ1) is 19.8. The molecule has 0 aliphatic carbocycles. The van der Waals surface area contributed by atoms with Crippen molar-refractivity contribution in [3.8, 4) is 5.75 Å². The van der Waals surface area contributed by atoms with Crippen molar-refractivity contribution in [3.05, 3.63) is 40.2 Å². The molecule has 1 atom stereocenters. The summed E-state index contributed by atoms with van der Waals surface area (Å²) in [5.74, 6) is -2.14. The van der Waals surface area contributed by atoms with Crippen molar-refractivity contribution in [2.45, 2.75) is 32.0 Å².